The number of anilines is 3. The summed E-state index contributed by atoms with van der Waals surface area (Å²) >= 11 is 9.60. The first-order valence-corrected chi connectivity index (χ1v) is 12.3. The van der Waals surface area contributed by atoms with Crippen LogP contribution in [-0.2, 0) is 10.0 Å². The molecule has 0 fully saturated rings. The SMILES string of the molecule is CCOc1ccc(Br)cc1S(=O)(=O)Nc1nc2ccccc2nc1Nc1ccccc1Cl. The maximum absolute atomic E-state index is 13.3. The fraction of sp³-hybridized carbons (Fsp3) is 0.0909. The number of hydrogen-bond donors (Lipinski definition) is 2. The van der Waals surface area contributed by atoms with Gasteiger partial charge in [0, 0.05) is 4.47 Å². The number of nitrogens with zero attached hydrogens (tertiary/aromatic N) is 2. The van der Waals surface area contributed by atoms with E-state index in [0.717, 1.165) is 0 Å². The molecule has 0 radical (unpaired) electrons. The summed E-state index contributed by atoms with van der Waals surface area (Å²) in [4.78, 5) is 9.04. The van der Waals surface area contributed by atoms with Crippen LogP contribution in [0.3, 0.4) is 0 Å². The van der Waals surface area contributed by atoms with Gasteiger partial charge in [0.2, 0.25) is 0 Å². The molecule has 0 saturated carbocycles. The molecule has 0 saturated heterocycles. The zero-order valence-electron chi connectivity index (χ0n) is 16.8. The number of halogens is 2. The molecule has 0 aliphatic heterocycles. The fourth-order valence-electron chi connectivity index (χ4n) is 3.00. The molecule has 164 valence electrons. The third-order valence-electron chi connectivity index (χ3n) is 4.42. The van der Waals surface area contributed by atoms with Crippen molar-refractivity contribution >= 4 is 65.9 Å². The number of ether oxygens (including phenoxy) is 1. The minimum absolute atomic E-state index is 0.0209. The van der Waals surface area contributed by atoms with Gasteiger partial charge < -0.3 is 10.1 Å². The molecular formula is C22H18BrClN4O3S. The highest BCUT2D eigenvalue weighted by molar-refractivity contribution is 9.10. The Balaban J connectivity index is 1.81. The van der Waals surface area contributed by atoms with E-state index in [1.54, 1.807) is 55.5 Å². The molecule has 2 N–H and O–H groups in total. The molecule has 0 unspecified atom stereocenters. The Morgan fingerprint density at radius 1 is 0.969 bits per heavy atom. The molecule has 0 amide bonds. The van der Waals surface area contributed by atoms with Crippen molar-refractivity contribution in [1.82, 2.24) is 9.97 Å². The van der Waals surface area contributed by atoms with Crippen LogP contribution < -0.4 is 14.8 Å². The topological polar surface area (TPSA) is 93.2 Å². The molecular weight excluding hydrogens is 516 g/mol. The normalized spacial score (nSPS) is 11.3. The summed E-state index contributed by atoms with van der Waals surface area (Å²) in [6.45, 7) is 2.10. The van der Waals surface area contributed by atoms with E-state index < -0.39 is 10.0 Å². The van der Waals surface area contributed by atoms with E-state index in [4.69, 9.17) is 16.3 Å². The van der Waals surface area contributed by atoms with E-state index in [2.05, 4.69) is 35.9 Å². The van der Waals surface area contributed by atoms with E-state index in [-0.39, 0.29) is 22.3 Å². The lowest BCUT2D eigenvalue weighted by molar-refractivity contribution is 0.331. The zero-order chi connectivity index (χ0) is 22.7. The highest BCUT2D eigenvalue weighted by atomic mass is 79.9. The Labute approximate surface area is 199 Å². The summed E-state index contributed by atoms with van der Waals surface area (Å²) in [5.74, 6) is 0.483. The number of benzene rings is 3. The van der Waals surface area contributed by atoms with Crippen molar-refractivity contribution in [3.8, 4) is 5.75 Å². The molecule has 4 aromatic rings. The van der Waals surface area contributed by atoms with Crippen LogP contribution in [0.5, 0.6) is 5.75 Å². The van der Waals surface area contributed by atoms with Gasteiger partial charge in [0.05, 0.1) is 28.4 Å². The second-order valence-corrected chi connectivity index (χ2v) is 9.62. The molecule has 32 heavy (non-hydrogen) atoms. The summed E-state index contributed by atoms with van der Waals surface area (Å²) in [6.07, 6.45) is 0. The Morgan fingerprint density at radius 2 is 1.62 bits per heavy atom. The van der Waals surface area contributed by atoms with E-state index in [1.807, 2.05) is 12.1 Å². The average Bonchev–Trinajstić information content (AvgIpc) is 2.77. The summed E-state index contributed by atoms with van der Waals surface area (Å²) < 4.78 is 35.3. The lowest BCUT2D eigenvalue weighted by Gasteiger charge is -2.16. The summed E-state index contributed by atoms with van der Waals surface area (Å²) in [5.41, 5.74) is 1.70. The highest BCUT2D eigenvalue weighted by Crippen LogP contribution is 2.33. The Kier molecular flexibility index (Phi) is 6.50. The molecule has 0 bridgehead atoms. The predicted octanol–water partition coefficient (Wildman–Crippen LogP) is 5.99. The van der Waals surface area contributed by atoms with Crippen molar-refractivity contribution in [3.05, 3.63) is 76.2 Å². The largest absolute Gasteiger partial charge is 0.492 e. The van der Waals surface area contributed by atoms with Crippen LogP contribution >= 0.6 is 27.5 Å². The molecule has 0 aliphatic carbocycles. The highest BCUT2D eigenvalue weighted by Gasteiger charge is 2.23. The first kappa shape index (κ1) is 22.3. The van der Waals surface area contributed by atoms with E-state index in [0.29, 0.717) is 32.8 Å². The second-order valence-electron chi connectivity index (χ2n) is 6.64. The zero-order valence-corrected chi connectivity index (χ0v) is 20.0. The van der Waals surface area contributed by atoms with Gasteiger partial charge in [-0.1, -0.05) is 51.8 Å². The van der Waals surface area contributed by atoms with Gasteiger partial charge in [0.15, 0.2) is 11.6 Å². The maximum Gasteiger partial charge on any atom is 0.266 e. The first-order valence-electron chi connectivity index (χ1n) is 9.61. The smallest absolute Gasteiger partial charge is 0.266 e. The van der Waals surface area contributed by atoms with Crippen molar-refractivity contribution in [2.24, 2.45) is 0 Å². The number of para-hydroxylation sites is 3. The lowest BCUT2D eigenvalue weighted by Crippen LogP contribution is -2.17. The van der Waals surface area contributed by atoms with Crippen LogP contribution in [0.15, 0.2) is 76.1 Å². The molecule has 7 nitrogen and oxygen atoms in total. The van der Waals surface area contributed by atoms with Crippen molar-refractivity contribution in [3.63, 3.8) is 0 Å². The van der Waals surface area contributed by atoms with Crippen LogP contribution in [0.2, 0.25) is 5.02 Å². The van der Waals surface area contributed by atoms with Crippen LogP contribution in [0.1, 0.15) is 6.92 Å². The summed E-state index contributed by atoms with van der Waals surface area (Å²) in [7, 11) is -4.06. The predicted molar refractivity (Wildman–Crippen MR) is 130 cm³/mol. The monoisotopic (exact) mass is 532 g/mol. The number of rotatable bonds is 7. The van der Waals surface area contributed by atoms with Crippen molar-refractivity contribution in [2.45, 2.75) is 11.8 Å². The number of aromatic nitrogens is 2. The average molecular weight is 534 g/mol. The minimum Gasteiger partial charge on any atom is -0.492 e. The molecule has 1 aromatic heterocycles. The number of sulfonamides is 1. The Morgan fingerprint density at radius 3 is 2.31 bits per heavy atom. The van der Waals surface area contributed by atoms with Crippen molar-refractivity contribution in [2.75, 3.05) is 16.6 Å². The van der Waals surface area contributed by atoms with Crippen LogP contribution in [0.4, 0.5) is 17.3 Å². The van der Waals surface area contributed by atoms with Gasteiger partial charge >= 0.3 is 0 Å². The Bertz CT molecular complexity index is 1400. The first-order chi connectivity index (χ1) is 15.4. The third-order valence-corrected chi connectivity index (χ3v) is 6.61. The van der Waals surface area contributed by atoms with Crippen LogP contribution in [0, 0.1) is 0 Å². The third kappa shape index (κ3) is 4.79. The van der Waals surface area contributed by atoms with Gasteiger partial charge in [0.1, 0.15) is 10.6 Å². The molecule has 4 rings (SSSR count). The quantitative estimate of drug-likeness (QED) is 0.303. The van der Waals surface area contributed by atoms with Crippen LogP contribution in [-0.4, -0.2) is 25.0 Å². The van der Waals surface area contributed by atoms with Gasteiger partial charge in [0.25, 0.3) is 10.0 Å². The summed E-state index contributed by atoms with van der Waals surface area (Å²) in [5, 5.41) is 3.55. The molecule has 10 heteroatoms. The van der Waals surface area contributed by atoms with E-state index in [1.165, 1.54) is 6.07 Å². The van der Waals surface area contributed by atoms with Gasteiger partial charge in [-0.05, 0) is 49.4 Å². The maximum atomic E-state index is 13.3. The standard InChI is InChI=1S/C22H18BrClN4O3S/c1-2-31-19-12-11-14(23)13-20(19)32(29,30)28-22-21(25-16-8-4-3-7-15(16)24)26-17-9-5-6-10-18(17)27-22/h3-13H,2H2,1H3,(H,25,26)(H,27,28). The van der Waals surface area contributed by atoms with Gasteiger partial charge in [-0.2, -0.15) is 0 Å². The minimum atomic E-state index is -4.06. The van der Waals surface area contributed by atoms with Gasteiger partial charge in [-0.15, -0.1) is 0 Å². The molecule has 0 atom stereocenters. The lowest BCUT2D eigenvalue weighted by atomic mass is 10.3. The number of nitrogens with one attached hydrogen (secondary N) is 2. The summed E-state index contributed by atoms with van der Waals surface area (Å²) in [6, 6.07) is 19.0. The molecule has 0 spiro atoms. The number of hydrogen-bond acceptors (Lipinski definition) is 6. The fourth-order valence-corrected chi connectivity index (χ4v) is 4.87. The van der Waals surface area contributed by atoms with Gasteiger partial charge in [-0.25, -0.2) is 18.4 Å². The number of fused-ring (bicyclic) bond motifs is 1. The van der Waals surface area contributed by atoms with Crippen molar-refractivity contribution in [1.29, 1.82) is 0 Å². The van der Waals surface area contributed by atoms with Gasteiger partial charge in [-0.3, -0.25) is 4.72 Å². The van der Waals surface area contributed by atoms with Crippen LogP contribution in [0.25, 0.3) is 11.0 Å². The molecule has 3 aromatic carbocycles. The van der Waals surface area contributed by atoms with E-state index >= 15 is 0 Å². The molecule has 0 aliphatic rings. The Hall–Kier alpha value is -2.88. The molecule has 1 heterocycles. The second kappa shape index (κ2) is 9.32. The van der Waals surface area contributed by atoms with E-state index in [9.17, 15) is 8.42 Å². The van der Waals surface area contributed by atoms with Crippen molar-refractivity contribution < 1.29 is 13.2 Å².